The van der Waals surface area contributed by atoms with Gasteiger partial charge in [0.05, 0.1) is 10.5 Å². The Morgan fingerprint density at radius 3 is 2.55 bits per heavy atom. The van der Waals surface area contributed by atoms with Crippen molar-refractivity contribution in [3.05, 3.63) is 69.6 Å². The minimum absolute atomic E-state index is 0.213. The molecule has 2 heterocycles. The van der Waals surface area contributed by atoms with Crippen LogP contribution in [-0.2, 0) is 9.59 Å². The van der Waals surface area contributed by atoms with Gasteiger partial charge < -0.3 is 9.64 Å². The molecular formula is C24H21ClN2O5S. The van der Waals surface area contributed by atoms with Gasteiger partial charge in [-0.1, -0.05) is 29.8 Å². The minimum atomic E-state index is -0.564. The van der Waals surface area contributed by atoms with Crippen LogP contribution in [-0.4, -0.2) is 52.5 Å². The van der Waals surface area contributed by atoms with Gasteiger partial charge >= 0.3 is 5.97 Å². The lowest BCUT2D eigenvalue weighted by Gasteiger charge is -2.27. The Morgan fingerprint density at radius 1 is 1.03 bits per heavy atom. The van der Waals surface area contributed by atoms with E-state index < -0.39 is 17.1 Å². The second-order valence-electron chi connectivity index (χ2n) is 7.68. The molecule has 9 heteroatoms. The summed E-state index contributed by atoms with van der Waals surface area (Å²) in [6.07, 6.45) is 4.51. The van der Waals surface area contributed by atoms with Crippen LogP contribution in [0.2, 0.25) is 5.02 Å². The second-order valence-corrected chi connectivity index (χ2v) is 9.11. The molecule has 2 aromatic rings. The molecule has 0 atom stereocenters. The van der Waals surface area contributed by atoms with E-state index in [1.54, 1.807) is 53.4 Å². The number of likely N-dealkylation sites (tertiary alicyclic amines) is 1. The normalized spacial score (nSPS) is 17.5. The summed E-state index contributed by atoms with van der Waals surface area (Å²) >= 11 is 6.71. The first-order valence-electron chi connectivity index (χ1n) is 10.5. The number of amides is 3. The first-order valence-corrected chi connectivity index (χ1v) is 11.7. The molecule has 0 aromatic heterocycles. The van der Waals surface area contributed by atoms with Crippen molar-refractivity contribution in [1.29, 1.82) is 0 Å². The summed E-state index contributed by atoms with van der Waals surface area (Å²) in [6, 6.07) is 13.0. The molecule has 2 aliphatic heterocycles. The zero-order valence-electron chi connectivity index (χ0n) is 17.7. The highest BCUT2D eigenvalue weighted by molar-refractivity contribution is 8.18. The maximum atomic E-state index is 12.8. The number of carbonyl (C=O) groups excluding carboxylic acids is 4. The summed E-state index contributed by atoms with van der Waals surface area (Å²) in [5.41, 5.74) is 0.895. The fourth-order valence-electron chi connectivity index (χ4n) is 3.62. The molecule has 0 saturated carbocycles. The summed E-state index contributed by atoms with van der Waals surface area (Å²) in [4.78, 5) is 52.9. The van der Waals surface area contributed by atoms with Gasteiger partial charge in [-0.15, -0.1) is 0 Å². The highest BCUT2D eigenvalue weighted by atomic mass is 35.5. The Labute approximate surface area is 200 Å². The van der Waals surface area contributed by atoms with Crippen LogP contribution in [0, 0.1) is 0 Å². The summed E-state index contributed by atoms with van der Waals surface area (Å²) in [5.74, 6) is -0.996. The predicted octanol–water partition coefficient (Wildman–Crippen LogP) is 4.61. The van der Waals surface area contributed by atoms with Crippen molar-refractivity contribution in [3.63, 3.8) is 0 Å². The summed E-state index contributed by atoms with van der Waals surface area (Å²) in [6.45, 7) is 1.07. The molecule has 4 rings (SSSR count). The molecule has 0 unspecified atom stereocenters. The van der Waals surface area contributed by atoms with Gasteiger partial charge in [-0.25, -0.2) is 4.79 Å². The van der Waals surface area contributed by atoms with E-state index in [9.17, 15) is 19.2 Å². The number of hydrogen-bond acceptors (Lipinski definition) is 6. The van der Waals surface area contributed by atoms with Crippen molar-refractivity contribution in [1.82, 2.24) is 9.80 Å². The molecule has 0 spiro atoms. The molecular weight excluding hydrogens is 464 g/mol. The Balaban J connectivity index is 1.44. The molecule has 2 aromatic carbocycles. The summed E-state index contributed by atoms with van der Waals surface area (Å²) in [5, 5.41) is -0.0483. The van der Waals surface area contributed by atoms with Gasteiger partial charge in [0.2, 0.25) is 5.91 Å². The number of hydrogen-bond donors (Lipinski definition) is 0. The van der Waals surface area contributed by atoms with Gasteiger partial charge in [0.1, 0.15) is 12.3 Å². The van der Waals surface area contributed by atoms with Gasteiger partial charge in [-0.3, -0.25) is 19.3 Å². The van der Waals surface area contributed by atoms with Crippen LogP contribution < -0.4 is 4.74 Å². The highest BCUT2D eigenvalue weighted by Gasteiger charge is 2.37. The molecule has 0 bridgehead atoms. The fraction of sp³-hybridized carbons (Fsp3) is 0.250. The van der Waals surface area contributed by atoms with E-state index in [4.69, 9.17) is 16.3 Å². The van der Waals surface area contributed by atoms with Crippen LogP contribution in [0.15, 0.2) is 53.4 Å². The van der Waals surface area contributed by atoms with Gasteiger partial charge in [0.15, 0.2) is 0 Å². The molecule has 33 heavy (non-hydrogen) atoms. The Bertz CT molecular complexity index is 1140. The van der Waals surface area contributed by atoms with Crippen molar-refractivity contribution in [2.45, 2.75) is 19.3 Å². The smallest absolute Gasteiger partial charge is 0.343 e. The number of nitrogens with zero attached hydrogens (tertiary/aromatic N) is 2. The number of halogens is 1. The molecule has 0 N–H and O–H groups in total. The third-order valence-electron chi connectivity index (χ3n) is 5.30. The van der Waals surface area contributed by atoms with E-state index in [2.05, 4.69) is 0 Å². The van der Waals surface area contributed by atoms with Crippen LogP contribution in [0.1, 0.15) is 35.2 Å². The molecule has 170 valence electrons. The zero-order chi connectivity index (χ0) is 23.4. The molecule has 0 aliphatic carbocycles. The zero-order valence-corrected chi connectivity index (χ0v) is 19.2. The van der Waals surface area contributed by atoms with Gasteiger partial charge in [0.25, 0.3) is 11.1 Å². The quantitative estimate of drug-likeness (QED) is 0.350. The number of benzene rings is 2. The average Bonchev–Trinajstić information content (AvgIpc) is 3.07. The van der Waals surface area contributed by atoms with Crippen molar-refractivity contribution in [2.24, 2.45) is 0 Å². The molecule has 2 saturated heterocycles. The van der Waals surface area contributed by atoms with Crippen LogP contribution in [0.3, 0.4) is 0 Å². The van der Waals surface area contributed by atoms with Crippen molar-refractivity contribution in [2.75, 3.05) is 19.6 Å². The predicted molar refractivity (Wildman–Crippen MR) is 126 cm³/mol. The van der Waals surface area contributed by atoms with Crippen molar-refractivity contribution in [3.8, 4) is 5.75 Å². The van der Waals surface area contributed by atoms with Crippen molar-refractivity contribution < 1.29 is 23.9 Å². The van der Waals surface area contributed by atoms with E-state index in [0.29, 0.717) is 29.2 Å². The van der Waals surface area contributed by atoms with E-state index in [1.165, 1.54) is 6.07 Å². The first-order chi connectivity index (χ1) is 15.9. The Morgan fingerprint density at radius 2 is 1.79 bits per heavy atom. The first kappa shape index (κ1) is 23.1. The number of carbonyl (C=O) groups is 4. The van der Waals surface area contributed by atoms with E-state index in [-0.39, 0.29) is 23.1 Å². The maximum Gasteiger partial charge on any atom is 0.343 e. The number of imide groups is 1. The summed E-state index contributed by atoms with van der Waals surface area (Å²) < 4.78 is 5.40. The van der Waals surface area contributed by atoms with Crippen LogP contribution in [0.4, 0.5) is 4.79 Å². The largest absolute Gasteiger partial charge is 0.423 e. The maximum absolute atomic E-state index is 12.8. The number of thioether (sulfide) groups is 1. The van der Waals surface area contributed by atoms with E-state index in [1.807, 2.05) is 0 Å². The van der Waals surface area contributed by atoms with Gasteiger partial charge in [-0.2, -0.15) is 0 Å². The molecule has 7 nitrogen and oxygen atoms in total. The minimum Gasteiger partial charge on any atom is -0.423 e. The Kier molecular flexibility index (Phi) is 7.15. The number of ether oxygens (including phenoxy) is 1. The van der Waals surface area contributed by atoms with Crippen molar-refractivity contribution >= 4 is 52.5 Å². The van der Waals surface area contributed by atoms with Crippen LogP contribution >= 0.6 is 23.4 Å². The summed E-state index contributed by atoms with van der Waals surface area (Å²) in [7, 11) is 0. The lowest BCUT2D eigenvalue weighted by molar-refractivity contribution is -0.136. The van der Waals surface area contributed by atoms with E-state index >= 15 is 0 Å². The third-order valence-corrected chi connectivity index (χ3v) is 6.44. The molecule has 2 aliphatic rings. The lowest BCUT2D eigenvalue weighted by Crippen LogP contribution is -2.44. The monoisotopic (exact) mass is 484 g/mol. The molecule has 3 amide bonds. The third kappa shape index (κ3) is 5.64. The van der Waals surface area contributed by atoms with E-state index in [0.717, 1.165) is 35.9 Å². The lowest BCUT2D eigenvalue weighted by atomic mass is 10.1. The van der Waals surface area contributed by atoms with Crippen LogP contribution in [0.5, 0.6) is 5.75 Å². The fourth-order valence-corrected chi connectivity index (χ4v) is 4.64. The number of esters is 1. The second kappa shape index (κ2) is 10.2. The number of rotatable bonds is 5. The standard InChI is InChI=1S/C24H21ClN2O5S/c25-18-8-5-7-17(14-18)23(30)32-19-9-4-6-16(12-19)13-20-22(29)27(24(31)33-20)15-21(28)26-10-2-1-3-11-26/h4-9,12-14H,1-3,10-11,15H2/b20-13-. The van der Waals surface area contributed by atoms with Gasteiger partial charge in [0, 0.05) is 18.1 Å². The Hall–Kier alpha value is -3.10. The van der Waals surface area contributed by atoms with Gasteiger partial charge in [-0.05, 0) is 73.0 Å². The molecule has 2 fully saturated rings. The SMILES string of the molecule is O=C(Oc1cccc(/C=C2\SC(=O)N(CC(=O)N3CCCCC3)C2=O)c1)c1cccc(Cl)c1. The van der Waals surface area contributed by atoms with Crippen LogP contribution in [0.25, 0.3) is 6.08 Å². The number of piperidine rings is 1. The average molecular weight is 485 g/mol. The topological polar surface area (TPSA) is 84.0 Å². The highest BCUT2D eigenvalue weighted by Crippen LogP contribution is 2.32. The molecule has 0 radical (unpaired) electrons.